The van der Waals surface area contributed by atoms with Gasteiger partial charge < -0.3 is 10.1 Å². The molecular formula is C16H14N2O2S. The lowest BCUT2D eigenvalue weighted by Crippen LogP contribution is -2.11. The first-order valence-electron chi connectivity index (χ1n) is 6.65. The molecule has 0 unspecified atom stereocenters. The Bertz CT molecular complexity index is 750. The molecule has 0 aliphatic carbocycles. The fourth-order valence-corrected chi connectivity index (χ4v) is 2.97. The van der Waals surface area contributed by atoms with Crippen LogP contribution in [0.5, 0.6) is 5.88 Å². The maximum atomic E-state index is 12.4. The van der Waals surface area contributed by atoms with Crippen molar-refractivity contribution in [2.75, 3.05) is 11.9 Å². The average molecular weight is 298 g/mol. The molecule has 3 rings (SSSR count). The summed E-state index contributed by atoms with van der Waals surface area (Å²) >= 11 is 1.47. The molecule has 0 fully saturated rings. The number of nitrogens with one attached hydrogen (secondary N) is 1. The van der Waals surface area contributed by atoms with Gasteiger partial charge in [0.1, 0.15) is 5.69 Å². The van der Waals surface area contributed by atoms with Crippen molar-refractivity contribution in [1.29, 1.82) is 0 Å². The summed E-state index contributed by atoms with van der Waals surface area (Å²) in [5.41, 5.74) is 0.585. The average Bonchev–Trinajstić information content (AvgIpc) is 2.93. The molecule has 0 radical (unpaired) electrons. The van der Waals surface area contributed by atoms with Crippen molar-refractivity contribution in [2.45, 2.75) is 6.92 Å². The highest BCUT2D eigenvalue weighted by molar-refractivity contribution is 7.20. The SMILES string of the molecule is CCOc1ncccc1NC(=O)c1cc2ccccc2s1. The maximum Gasteiger partial charge on any atom is 0.265 e. The summed E-state index contributed by atoms with van der Waals surface area (Å²) in [6.45, 7) is 2.38. The normalized spacial score (nSPS) is 10.5. The quantitative estimate of drug-likeness (QED) is 0.793. The van der Waals surface area contributed by atoms with E-state index in [2.05, 4.69) is 10.3 Å². The highest BCUT2D eigenvalue weighted by Crippen LogP contribution is 2.27. The number of fused-ring (bicyclic) bond motifs is 1. The number of pyridine rings is 1. The van der Waals surface area contributed by atoms with E-state index in [4.69, 9.17) is 4.74 Å². The number of amides is 1. The molecule has 0 saturated carbocycles. The fourth-order valence-electron chi connectivity index (χ4n) is 2.02. The van der Waals surface area contributed by atoms with Gasteiger partial charge in [-0.3, -0.25) is 4.79 Å². The summed E-state index contributed by atoms with van der Waals surface area (Å²) < 4.78 is 6.51. The number of aromatic nitrogens is 1. The Morgan fingerprint density at radius 3 is 2.95 bits per heavy atom. The molecule has 4 nitrogen and oxygen atoms in total. The molecule has 106 valence electrons. The van der Waals surface area contributed by atoms with Gasteiger partial charge in [0.15, 0.2) is 0 Å². The van der Waals surface area contributed by atoms with Crippen LogP contribution in [0.15, 0.2) is 48.7 Å². The minimum atomic E-state index is -0.148. The molecule has 2 aromatic heterocycles. The molecule has 0 atom stereocenters. The number of carbonyl (C=O) groups is 1. The second-order valence-electron chi connectivity index (χ2n) is 4.39. The zero-order valence-corrected chi connectivity index (χ0v) is 12.3. The Hall–Kier alpha value is -2.40. The molecule has 0 aliphatic heterocycles. The standard InChI is InChI=1S/C16H14N2O2S/c1-2-20-16-12(7-5-9-17-16)18-15(19)14-10-11-6-3-4-8-13(11)21-14/h3-10H,2H2,1H3,(H,18,19). The van der Waals surface area contributed by atoms with Gasteiger partial charge in [0.2, 0.25) is 5.88 Å². The third-order valence-electron chi connectivity index (χ3n) is 2.95. The van der Waals surface area contributed by atoms with Crippen LogP contribution >= 0.6 is 11.3 Å². The molecule has 1 aromatic carbocycles. The Balaban J connectivity index is 1.86. The van der Waals surface area contributed by atoms with Gasteiger partial charge in [0.25, 0.3) is 5.91 Å². The minimum Gasteiger partial charge on any atom is -0.476 e. The van der Waals surface area contributed by atoms with Crippen molar-refractivity contribution in [3.63, 3.8) is 0 Å². The van der Waals surface area contributed by atoms with Gasteiger partial charge in [-0.25, -0.2) is 4.98 Å². The minimum absolute atomic E-state index is 0.148. The molecule has 3 aromatic rings. The third-order valence-corrected chi connectivity index (χ3v) is 4.06. The van der Waals surface area contributed by atoms with Crippen molar-refractivity contribution in [1.82, 2.24) is 4.98 Å². The smallest absolute Gasteiger partial charge is 0.265 e. The Kier molecular flexibility index (Phi) is 3.83. The summed E-state index contributed by atoms with van der Waals surface area (Å²) in [6.07, 6.45) is 1.64. The lowest BCUT2D eigenvalue weighted by atomic mass is 10.2. The van der Waals surface area contributed by atoms with Crippen LogP contribution in [0.4, 0.5) is 5.69 Å². The lowest BCUT2D eigenvalue weighted by Gasteiger charge is -2.08. The van der Waals surface area contributed by atoms with Gasteiger partial charge in [0.05, 0.1) is 11.5 Å². The van der Waals surface area contributed by atoms with Gasteiger partial charge in [-0.05, 0) is 36.6 Å². The van der Waals surface area contributed by atoms with Gasteiger partial charge >= 0.3 is 0 Å². The van der Waals surface area contributed by atoms with Crippen LogP contribution < -0.4 is 10.1 Å². The third kappa shape index (κ3) is 2.87. The molecule has 0 aliphatic rings. The molecule has 0 saturated heterocycles. The summed E-state index contributed by atoms with van der Waals surface area (Å²) in [6, 6.07) is 13.4. The first-order valence-corrected chi connectivity index (χ1v) is 7.47. The molecule has 1 N–H and O–H groups in total. The predicted molar refractivity (Wildman–Crippen MR) is 85.2 cm³/mol. The summed E-state index contributed by atoms with van der Waals surface area (Å²) in [5, 5.41) is 3.93. The van der Waals surface area contributed by atoms with Crippen LogP contribution in [0.3, 0.4) is 0 Å². The fraction of sp³-hybridized carbons (Fsp3) is 0.125. The van der Waals surface area contributed by atoms with E-state index < -0.39 is 0 Å². The zero-order chi connectivity index (χ0) is 14.7. The maximum absolute atomic E-state index is 12.4. The van der Waals surface area contributed by atoms with Crippen molar-refractivity contribution < 1.29 is 9.53 Å². The van der Waals surface area contributed by atoms with Crippen molar-refractivity contribution in [3.8, 4) is 5.88 Å². The Morgan fingerprint density at radius 1 is 1.29 bits per heavy atom. The molecule has 5 heteroatoms. The lowest BCUT2D eigenvalue weighted by molar-refractivity contribution is 0.103. The number of benzene rings is 1. The van der Waals surface area contributed by atoms with E-state index in [-0.39, 0.29) is 5.91 Å². The van der Waals surface area contributed by atoms with Crippen LogP contribution in [0.2, 0.25) is 0 Å². The van der Waals surface area contributed by atoms with Crippen LogP contribution in [0, 0.1) is 0 Å². The van der Waals surface area contributed by atoms with Crippen molar-refractivity contribution in [3.05, 3.63) is 53.5 Å². The summed E-state index contributed by atoms with van der Waals surface area (Å²) in [5.74, 6) is 0.291. The van der Waals surface area contributed by atoms with E-state index in [0.717, 1.165) is 10.1 Å². The van der Waals surface area contributed by atoms with Crippen LogP contribution in [-0.4, -0.2) is 17.5 Å². The highest BCUT2D eigenvalue weighted by Gasteiger charge is 2.13. The van der Waals surface area contributed by atoms with Crippen LogP contribution in [0.1, 0.15) is 16.6 Å². The van der Waals surface area contributed by atoms with Crippen molar-refractivity contribution >= 4 is 33.0 Å². The number of nitrogens with zero attached hydrogens (tertiary/aromatic N) is 1. The molecular weight excluding hydrogens is 284 g/mol. The van der Waals surface area contributed by atoms with Gasteiger partial charge in [-0.2, -0.15) is 0 Å². The van der Waals surface area contributed by atoms with Gasteiger partial charge in [-0.1, -0.05) is 18.2 Å². The second kappa shape index (κ2) is 5.93. The molecule has 0 spiro atoms. The number of thiophene rings is 1. The van der Waals surface area contributed by atoms with E-state index in [1.165, 1.54) is 11.3 Å². The monoisotopic (exact) mass is 298 g/mol. The van der Waals surface area contributed by atoms with Gasteiger partial charge in [0, 0.05) is 10.9 Å². The van der Waals surface area contributed by atoms with E-state index in [1.54, 1.807) is 18.3 Å². The van der Waals surface area contributed by atoms with E-state index in [1.807, 2.05) is 37.3 Å². The number of hydrogen-bond donors (Lipinski definition) is 1. The molecule has 0 bridgehead atoms. The largest absolute Gasteiger partial charge is 0.476 e. The summed E-state index contributed by atoms with van der Waals surface area (Å²) in [4.78, 5) is 17.1. The molecule has 1 amide bonds. The molecule has 2 heterocycles. The molecule has 21 heavy (non-hydrogen) atoms. The van der Waals surface area contributed by atoms with E-state index in [9.17, 15) is 4.79 Å². The van der Waals surface area contributed by atoms with Gasteiger partial charge in [-0.15, -0.1) is 11.3 Å². The van der Waals surface area contributed by atoms with Crippen LogP contribution in [-0.2, 0) is 0 Å². The van der Waals surface area contributed by atoms with E-state index >= 15 is 0 Å². The number of hydrogen-bond acceptors (Lipinski definition) is 4. The highest BCUT2D eigenvalue weighted by atomic mass is 32.1. The Labute approximate surface area is 126 Å². The number of carbonyl (C=O) groups excluding carboxylic acids is 1. The van der Waals surface area contributed by atoms with Crippen LogP contribution in [0.25, 0.3) is 10.1 Å². The Morgan fingerprint density at radius 2 is 2.14 bits per heavy atom. The number of ether oxygens (including phenoxy) is 1. The van der Waals surface area contributed by atoms with Crippen molar-refractivity contribution in [2.24, 2.45) is 0 Å². The summed E-state index contributed by atoms with van der Waals surface area (Å²) in [7, 11) is 0. The zero-order valence-electron chi connectivity index (χ0n) is 11.5. The predicted octanol–water partition coefficient (Wildman–Crippen LogP) is 3.95. The van der Waals surface area contributed by atoms with E-state index in [0.29, 0.717) is 23.1 Å². The first kappa shape index (κ1) is 13.6. The topological polar surface area (TPSA) is 51.2 Å². The number of anilines is 1. The first-order chi connectivity index (χ1) is 10.3. The second-order valence-corrected chi connectivity index (χ2v) is 5.48. The number of rotatable bonds is 4.